The van der Waals surface area contributed by atoms with Gasteiger partial charge in [0, 0.05) is 6.20 Å². The molecule has 1 aromatic rings. The van der Waals surface area contributed by atoms with Crippen LogP contribution < -0.4 is 0 Å². The van der Waals surface area contributed by atoms with Gasteiger partial charge >= 0.3 is 12.1 Å². The Hall–Kier alpha value is -1.24. The van der Waals surface area contributed by atoms with Crippen LogP contribution in [-0.2, 0) is 11.0 Å². The second-order valence-corrected chi connectivity index (χ2v) is 6.14. The van der Waals surface area contributed by atoms with Crippen LogP contribution in [0.5, 0.6) is 0 Å². The lowest BCUT2D eigenvalue weighted by atomic mass is 9.88. The number of carboxylic acid groups (broad SMARTS) is 1. The monoisotopic (exact) mass is 307 g/mol. The summed E-state index contributed by atoms with van der Waals surface area (Å²) in [6, 6.07) is 2.33. The molecule has 0 amide bonds. The highest BCUT2D eigenvalue weighted by Gasteiger charge is 2.30. The van der Waals surface area contributed by atoms with Crippen molar-refractivity contribution in [2.24, 2.45) is 5.41 Å². The number of pyridine rings is 1. The maximum absolute atomic E-state index is 12.3. The molecule has 1 rings (SSSR count). The molecule has 1 N–H and O–H groups in total. The van der Waals surface area contributed by atoms with E-state index in [0.29, 0.717) is 23.6 Å². The lowest BCUT2D eigenvalue weighted by Crippen LogP contribution is -2.23. The summed E-state index contributed by atoms with van der Waals surface area (Å²) >= 11 is 1.32. The number of alkyl halides is 3. The Morgan fingerprint density at radius 1 is 1.35 bits per heavy atom. The molecule has 0 saturated heterocycles. The van der Waals surface area contributed by atoms with Crippen molar-refractivity contribution in [2.75, 3.05) is 5.75 Å². The van der Waals surface area contributed by atoms with Crippen LogP contribution in [0.25, 0.3) is 0 Å². The Morgan fingerprint density at radius 3 is 2.45 bits per heavy atom. The highest BCUT2D eigenvalue weighted by molar-refractivity contribution is 7.99. The first-order valence-electron chi connectivity index (χ1n) is 6.02. The summed E-state index contributed by atoms with van der Waals surface area (Å²) in [7, 11) is 0. The number of aliphatic carboxylic acids is 1. The molecule has 20 heavy (non-hydrogen) atoms. The van der Waals surface area contributed by atoms with Gasteiger partial charge in [0.2, 0.25) is 0 Å². The molecule has 0 aliphatic heterocycles. The normalized spacial score (nSPS) is 12.4. The maximum Gasteiger partial charge on any atom is 0.417 e. The third kappa shape index (κ3) is 5.03. The quantitative estimate of drug-likeness (QED) is 0.635. The van der Waals surface area contributed by atoms with E-state index in [0.717, 1.165) is 12.3 Å². The van der Waals surface area contributed by atoms with Crippen LogP contribution in [-0.4, -0.2) is 21.8 Å². The second kappa shape index (κ2) is 6.47. The molecule has 0 saturated carbocycles. The minimum atomic E-state index is -4.37. The van der Waals surface area contributed by atoms with Crippen molar-refractivity contribution in [3.8, 4) is 0 Å². The molecule has 0 radical (unpaired) electrons. The van der Waals surface area contributed by atoms with E-state index in [1.807, 2.05) is 0 Å². The lowest BCUT2D eigenvalue weighted by molar-refractivity contribution is -0.147. The van der Waals surface area contributed by atoms with Gasteiger partial charge in [0.1, 0.15) is 0 Å². The van der Waals surface area contributed by atoms with Gasteiger partial charge in [-0.05, 0) is 44.6 Å². The van der Waals surface area contributed by atoms with Crippen LogP contribution in [0.2, 0.25) is 0 Å². The second-order valence-electron chi connectivity index (χ2n) is 5.02. The van der Waals surface area contributed by atoms with Gasteiger partial charge in [0.25, 0.3) is 0 Å². The minimum Gasteiger partial charge on any atom is -0.481 e. The number of aromatic nitrogens is 1. The molecule has 0 fully saturated rings. The fourth-order valence-corrected chi connectivity index (χ4v) is 2.22. The van der Waals surface area contributed by atoms with E-state index in [2.05, 4.69) is 4.98 Å². The van der Waals surface area contributed by atoms with Crippen molar-refractivity contribution in [3.63, 3.8) is 0 Å². The van der Waals surface area contributed by atoms with Crippen molar-refractivity contribution in [2.45, 2.75) is 37.9 Å². The number of hydrogen-bond acceptors (Lipinski definition) is 3. The molecular formula is C13H16F3NO2S. The molecule has 1 heterocycles. The first-order valence-corrected chi connectivity index (χ1v) is 7.01. The van der Waals surface area contributed by atoms with Crippen LogP contribution in [0.4, 0.5) is 13.2 Å². The van der Waals surface area contributed by atoms with Crippen molar-refractivity contribution in [1.29, 1.82) is 0 Å². The lowest BCUT2D eigenvalue weighted by Gasteiger charge is -2.18. The number of thioether (sulfide) groups is 1. The summed E-state index contributed by atoms with van der Waals surface area (Å²) < 4.78 is 37.0. The van der Waals surface area contributed by atoms with Crippen LogP contribution in [0, 0.1) is 5.41 Å². The van der Waals surface area contributed by atoms with Crippen LogP contribution in [0.1, 0.15) is 32.3 Å². The molecule has 1 aromatic heterocycles. The van der Waals surface area contributed by atoms with Crippen molar-refractivity contribution in [1.82, 2.24) is 4.98 Å². The van der Waals surface area contributed by atoms with E-state index in [1.165, 1.54) is 17.8 Å². The zero-order valence-electron chi connectivity index (χ0n) is 11.2. The molecule has 0 unspecified atom stereocenters. The van der Waals surface area contributed by atoms with E-state index >= 15 is 0 Å². The molecule has 0 atom stereocenters. The summed E-state index contributed by atoms with van der Waals surface area (Å²) in [6.45, 7) is 3.30. The molecule has 0 aliphatic rings. The zero-order valence-corrected chi connectivity index (χ0v) is 12.0. The highest BCUT2D eigenvalue weighted by Crippen LogP contribution is 2.30. The molecule has 3 nitrogen and oxygen atoms in total. The average Bonchev–Trinajstić information content (AvgIpc) is 2.34. The zero-order chi connectivity index (χ0) is 15.4. The van der Waals surface area contributed by atoms with E-state index in [4.69, 9.17) is 5.11 Å². The largest absolute Gasteiger partial charge is 0.481 e. The first-order chi connectivity index (χ1) is 9.13. The third-order valence-corrected chi connectivity index (χ3v) is 3.87. The van der Waals surface area contributed by atoms with Gasteiger partial charge in [0.15, 0.2) is 0 Å². The van der Waals surface area contributed by atoms with Crippen LogP contribution in [0.15, 0.2) is 23.4 Å². The number of nitrogens with zero attached hydrogens (tertiary/aromatic N) is 1. The maximum atomic E-state index is 12.3. The van der Waals surface area contributed by atoms with Crippen molar-refractivity contribution < 1.29 is 23.1 Å². The average molecular weight is 307 g/mol. The Bertz CT molecular complexity index is 458. The van der Waals surface area contributed by atoms with Gasteiger partial charge in [-0.3, -0.25) is 4.79 Å². The molecule has 0 aliphatic carbocycles. The molecular weight excluding hydrogens is 291 g/mol. The first kappa shape index (κ1) is 16.8. The Kier molecular flexibility index (Phi) is 5.44. The Morgan fingerprint density at radius 2 is 2.00 bits per heavy atom. The minimum absolute atomic E-state index is 0.506. The van der Waals surface area contributed by atoms with Gasteiger partial charge < -0.3 is 5.11 Å². The van der Waals surface area contributed by atoms with Crippen LogP contribution >= 0.6 is 11.8 Å². The van der Waals surface area contributed by atoms with E-state index in [9.17, 15) is 18.0 Å². The van der Waals surface area contributed by atoms with Gasteiger partial charge in [-0.25, -0.2) is 4.98 Å². The third-order valence-electron chi connectivity index (χ3n) is 2.84. The van der Waals surface area contributed by atoms with Crippen LogP contribution in [0.3, 0.4) is 0 Å². The topological polar surface area (TPSA) is 50.2 Å². The fourth-order valence-electron chi connectivity index (χ4n) is 1.43. The summed E-state index contributed by atoms with van der Waals surface area (Å²) in [5, 5.41) is 9.44. The van der Waals surface area contributed by atoms with Crippen molar-refractivity contribution in [3.05, 3.63) is 23.9 Å². The fraction of sp³-hybridized carbons (Fsp3) is 0.538. The van der Waals surface area contributed by atoms with E-state index < -0.39 is 23.1 Å². The van der Waals surface area contributed by atoms with E-state index in [-0.39, 0.29) is 0 Å². The Labute approximate surface area is 119 Å². The highest BCUT2D eigenvalue weighted by atomic mass is 32.2. The standard InChI is InChI=1S/C13H16F3NO2S/c1-12(2,11(18)19)6-3-7-20-10-5-4-9(8-17-10)13(14,15)16/h4-5,8H,3,6-7H2,1-2H3,(H,18,19). The molecule has 7 heteroatoms. The van der Waals surface area contributed by atoms with Crippen molar-refractivity contribution >= 4 is 17.7 Å². The molecule has 0 spiro atoms. The van der Waals surface area contributed by atoms with Gasteiger partial charge in [-0.1, -0.05) is 0 Å². The summed E-state index contributed by atoms with van der Waals surface area (Å²) in [6.07, 6.45) is -2.39. The summed E-state index contributed by atoms with van der Waals surface area (Å²) in [5.74, 6) is -0.232. The molecule has 112 valence electrons. The number of carboxylic acids is 1. The number of hydrogen-bond donors (Lipinski definition) is 1. The number of rotatable bonds is 6. The van der Waals surface area contributed by atoms with Gasteiger partial charge in [0.05, 0.1) is 16.0 Å². The van der Waals surface area contributed by atoms with Gasteiger partial charge in [-0.2, -0.15) is 13.2 Å². The number of carbonyl (C=O) groups is 1. The number of halogens is 3. The predicted molar refractivity (Wildman–Crippen MR) is 70.6 cm³/mol. The summed E-state index contributed by atoms with van der Waals surface area (Å²) in [5.41, 5.74) is -1.55. The summed E-state index contributed by atoms with van der Waals surface area (Å²) in [4.78, 5) is 14.6. The van der Waals surface area contributed by atoms with E-state index in [1.54, 1.807) is 13.8 Å². The smallest absolute Gasteiger partial charge is 0.417 e. The molecule has 0 bridgehead atoms. The Balaban J connectivity index is 2.42. The SMILES string of the molecule is CC(C)(CCCSc1ccc(C(F)(F)F)cn1)C(=O)O. The molecule has 0 aromatic carbocycles. The van der Waals surface area contributed by atoms with Gasteiger partial charge in [-0.15, -0.1) is 11.8 Å². The predicted octanol–water partition coefficient (Wildman–Crippen LogP) is 4.08.